The van der Waals surface area contributed by atoms with Crippen molar-refractivity contribution in [3.05, 3.63) is 169 Å². The van der Waals surface area contributed by atoms with Gasteiger partial charge in [-0.05, 0) is 102 Å². The predicted octanol–water partition coefficient (Wildman–Crippen LogP) is 13.8. The summed E-state index contributed by atoms with van der Waals surface area (Å²) in [5.41, 5.74) is 10.7. The first-order chi connectivity index (χ1) is 26.5. The van der Waals surface area contributed by atoms with Crippen LogP contribution in [0.15, 0.2) is 162 Å². The Hall–Kier alpha value is -6.84. The minimum atomic E-state index is -0.247. The van der Waals surface area contributed by atoms with Gasteiger partial charge in [-0.2, -0.15) is 0 Å². The molecule has 0 fully saturated rings. The topological polar surface area (TPSA) is 38.9 Å². The number of para-hydroxylation sites is 1. The van der Waals surface area contributed by atoms with Crippen molar-refractivity contribution in [2.45, 2.75) is 19.3 Å². The molecule has 11 aromatic rings. The SMILES string of the molecule is CC1(C)c2cc(-c3nc(-c4ccccc4)c4ccccc4n3)ccc2-c2cc3c(cc21)oc1cc2c(cc13)c1ccccc1c1ccc3ccccc3c12. The highest BCUT2D eigenvalue weighted by Crippen LogP contribution is 2.52. The molecule has 0 amide bonds. The van der Waals surface area contributed by atoms with Crippen molar-refractivity contribution < 1.29 is 4.42 Å². The Morgan fingerprint density at radius 3 is 1.96 bits per heavy atom. The summed E-state index contributed by atoms with van der Waals surface area (Å²) >= 11 is 0. The summed E-state index contributed by atoms with van der Waals surface area (Å²) < 4.78 is 6.82. The van der Waals surface area contributed by atoms with Crippen LogP contribution in [0.5, 0.6) is 0 Å². The second-order valence-corrected chi connectivity index (χ2v) is 15.3. The number of aromatic nitrogens is 2. The molecule has 3 heteroatoms. The van der Waals surface area contributed by atoms with Gasteiger partial charge < -0.3 is 4.42 Å². The third-order valence-electron chi connectivity index (χ3n) is 12.0. The lowest BCUT2D eigenvalue weighted by Gasteiger charge is -2.22. The van der Waals surface area contributed by atoms with E-state index >= 15 is 0 Å². The predicted molar refractivity (Wildman–Crippen MR) is 225 cm³/mol. The summed E-state index contributed by atoms with van der Waals surface area (Å²) in [7, 11) is 0. The van der Waals surface area contributed by atoms with E-state index in [4.69, 9.17) is 14.4 Å². The van der Waals surface area contributed by atoms with Gasteiger partial charge in [0.2, 0.25) is 0 Å². The number of rotatable bonds is 2. The number of furan rings is 1. The zero-order chi connectivity index (χ0) is 35.7. The van der Waals surface area contributed by atoms with Crippen molar-refractivity contribution in [2.24, 2.45) is 0 Å². The van der Waals surface area contributed by atoms with E-state index in [1.54, 1.807) is 0 Å². The van der Waals surface area contributed by atoms with Crippen LogP contribution in [0.3, 0.4) is 0 Å². The van der Waals surface area contributed by atoms with Gasteiger partial charge in [-0.25, -0.2) is 9.97 Å². The van der Waals surface area contributed by atoms with Gasteiger partial charge in [0.05, 0.1) is 11.2 Å². The highest BCUT2D eigenvalue weighted by molar-refractivity contribution is 6.33. The lowest BCUT2D eigenvalue weighted by molar-refractivity contribution is 0.647. The average molecular weight is 689 g/mol. The summed E-state index contributed by atoms with van der Waals surface area (Å²) in [5.74, 6) is 0.737. The molecule has 1 aliphatic rings. The Morgan fingerprint density at radius 2 is 1.11 bits per heavy atom. The molecular formula is C51H32N2O. The Bertz CT molecular complexity index is 3410. The van der Waals surface area contributed by atoms with Crippen LogP contribution in [-0.4, -0.2) is 9.97 Å². The lowest BCUT2D eigenvalue weighted by atomic mass is 9.81. The zero-order valence-electron chi connectivity index (χ0n) is 29.8. The Kier molecular flexibility index (Phi) is 5.84. The number of hydrogen-bond donors (Lipinski definition) is 0. The van der Waals surface area contributed by atoms with Crippen molar-refractivity contribution in [1.29, 1.82) is 0 Å². The second-order valence-electron chi connectivity index (χ2n) is 15.3. The summed E-state index contributed by atoms with van der Waals surface area (Å²) in [6.07, 6.45) is 0. The van der Waals surface area contributed by atoms with Crippen LogP contribution in [-0.2, 0) is 5.41 Å². The largest absolute Gasteiger partial charge is 0.456 e. The van der Waals surface area contributed by atoms with E-state index in [1.165, 1.54) is 65.3 Å². The highest BCUT2D eigenvalue weighted by atomic mass is 16.3. The van der Waals surface area contributed by atoms with Gasteiger partial charge in [-0.3, -0.25) is 0 Å². The number of fused-ring (bicyclic) bond motifs is 15. The van der Waals surface area contributed by atoms with E-state index in [0.717, 1.165) is 55.5 Å². The molecule has 0 unspecified atom stereocenters. The Balaban J connectivity index is 1.07. The van der Waals surface area contributed by atoms with E-state index in [0.29, 0.717) is 0 Å². The minimum Gasteiger partial charge on any atom is -0.456 e. The monoisotopic (exact) mass is 688 g/mol. The quantitative estimate of drug-likeness (QED) is 0.170. The van der Waals surface area contributed by atoms with Crippen molar-refractivity contribution in [1.82, 2.24) is 9.97 Å². The van der Waals surface area contributed by atoms with Gasteiger partial charge in [0.1, 0.15) is 11.2 Å². The third kappa shape index (κ3) is 4.01. The first-order valence-corrected chi connectivity index (χ1v) is 18.7. The molecule has 12 rings (SSSR count). The van der Waals surface area contributed by atoms with Crippen LogP contribution in [0.1, 0.15) is 25.0 Å². The van der Waals surface area contributed by atoms with Crippen LogP contribution in [0.4, 0.5) is 0 Å². The van der Waals surface area contributed by atoms with Crippen molar-refractivity contribution >= 4 is 75.9 Å². The van der Waals surface area contributed by atoms with E-state index in [2.05, 4.69) is 159 Å². The molecule has 54 heavy (non-hydrogen) atoms. The fourth-order valence-electron chi connectivity index (χ4n) is 9.38. The molecule has 0 saturated heterocycles. The van der Waals surface area contributed by atoms with Crippen molar-refractivity contribution in [3.63, 3.8) is 0 Å². The van der Waals surface area contributed by atoms with Crippen LogP contribution >= 0.6 is 0 Å². The number of benzene rings is 9. The smallest absolute Gasteiger partial charge is 0.160 e. The first-order valence-electron chi connectivity index (χ1n) is 18.7. The minimum absolute atomic E-state index is 0.247. The molecule has 3 nitrogen and oxygen atoms in total. The molecule has 2 aromatic heterocycles. The summed E-state index contributed by atoms with van der Waals surface area (Å²) in [5, 5.41) is 13.4. The van der Waals surface area contributed by atoms with Gasteiger partial charge in [-0.15, -0.1) is 0 Å². The number of hydrogen-bond acceptors (Lipinski definition) is 3. The van der Waals surface area contributed by atoms with E-state index in [9.17, 15) is 0 Å². The Labute approximate surface area is 311 Å². The van der Waals surface area contributed by atoms with Gasteiger partial charge in [0.25, 0.3) is 0 Å². The molecule has 9 aromatic carbocycles. The van der Waals surface area contributed by atoms with E-state index < -0.39 is 0 Å². The highest BCUT2D eigenvalue weighted by Gasteiger charge is 2.37. The Morgan fingerprint density at radius 1 is 0.426 bits per heavy atom. The molecule has 0 spiro atoms. The van der Waals surface area contributed by atoms with E-state index in [1.807, 2.05) is 12.1 Å². The van der Waals surface area contributed by atoms with Gasteiger partial charge >= 0.3 is 0 Å². The van der Waals surface area contributed by atoms with Gasteiger partial charge in [0, 0.05) is 32.7 Å². The van der Waals surface area contributed by atoms with Gasteiger partial charge in [0.15, 0.2) is 5.82 Å². The third-order valence-corrected chi connectivity index (χ3v) is 12.0. The normalized spacial score (nSPS) is 13.5. The molecule has 0 atom stereocenters. The standard InChI is InChI=1S/C51H32N2O/c1-51(2)43-24-31(50-52-45-19-11-10-18-37(45)49(53-50)30-13-4-3-5-14-30)21-22-35(43)39-26-41-40-25-38-34-17-9-8-16-33(34)36-23-20-29-12-6-7-15-32(29)48(36)42(38)27-46(40)54-47(41)28-44(39)51/h3-28H,1-2H3. The molecule has 2 heterocycles. The average Bonchev–Trinajstić information content (AvgIpc) is 3.68. The van der Waals surface area contributed by atoms with Crippen LogP contribution in [0.25, 0.3) is 110 Å². The molecule has 0 radical (unpaired) electrons. The zero-order valence-corrected chi connectivity index (χ0v) is 29.8. The molecule has 252 valence electrons. The fraction of sp³-hybridized carbons (Fsp3) is 0.0588. The maximum Gasteiger partial charge on any atom is 0.160 e. The maximum atomic E-state index is 6.82. The van der Waals surface area contributed by atoms with Crippen LogP contribution in [0, 0.1) is 0 Å². The molecule has 1 aliphatic carbocycles. The summed E-state index contributed by atoms with van der Waals surface area (Å²) in [4.78, 5) is 10.3. The molecule has 0 saturated carbocycles. The number of nitrogens with zero attached hydrogens (tertiary/aromatic N) is 2. The first kappa shape index (κ1) is 29.7. The summed E-state index contributed by atoms with van der Waals surface area (Å²) in [6.45, 7) is 4.65. The molecular weight excluding hydrogens is 657 g/mol. The molecule has 0 N–H and O–H groups in total. The maximum absolute atomic E-state index is 6.82. The fourth-order valence-corrected chi connectivity index (χ4v) is 9.38. The van der Waals surface area contributed by atoms with Crippen molar-refractivity contribution in [3.8, 4) is 33.8 Å². The molecule has 0 bridgehead atoms. The second kappa shape index (κ2) is 10.6. The molecule has 0 aliphatic heterocycles. The van der Waals surface area contributed by atoms with Crippen LogP contribution in [0.2, 0.25) is 0 Å². The van der Waals surface area contributed by atoms with Crippen molar-refractivity contribution in [2.75, 3.05) is 0 Å². The van der Waals surface area contributed by atoms with Gasteiger partial charge in [-0.1, -0.05) is 135 Å². The summed E-state index contributed by atoms with van der Waals surface area (Å²) in [6, 6.07) is 56.9. The van der Waals surface area contributed by atoms with Crippen LogP contribution < -0.4 is 0 Å². The lowest BCUT2D eigenvalue weighted by Crippen LogP contribution is -2.15. The van der Waals surface area contributed by atoms with E-state index in [-0.39, 0.29) is 5.41 Å².